The lowest BCUT2D eigenvalue weighted by Crippen LogP contribution is -2.46. The highest BCUT2D eigenvalue weighted by Gasteiger charge is 2.15. The van der Waals surface area contributed by atoms with Crippen LogP contribution in [0.5, 0.6) is 0 Å². The van der Waals surface area contributed by atoms with E-state index in [1.54, 1.807) is 13.3 Å². The zero-order valence-corrected chi connectivity index (χ0v) is 19.8. The van der Waals surface area contributed by atoms with Gasteiger partial charge in [0.05, 0.1) is 18.7 Å². The van der Waals surface area contributed by atoms with E-state index in [4.69, 9.17) is 4.74 Å². The molecule has 34 heavy (non-hydrogen) atoms. The van der Waals surface area contributed by atoms with Gasteiger partial charge in [0.1, 0.15) is 0 Å². The van der Waals surface area contributed by atoms with Gasteiger partial charge in [-0.05, 0) is 49.0 Å². The molecule has 1 fully saturated rings. The van der Waals surface area contributed by atoms with Gasteiger partial charge in [0.15, 0.2) is 0 Å². The van der Waals surface area contributed by atoms with E-state index in [0.717, 1.165) is 55.4 Å². The van der Waals surface area contributed by atoms with E-state index in [9.17, 15) is 4.79 Å². The molecule has 8 nitrogen and oxygen atoms in total. The Morgan fingerprint density at radius 2 is 1.68 bits per heavy atom. The first-order chi connectivity index (χ1) is 16.6. The normalized spacial score (nSPS) is 14.1. The molecule has 0 atom stereocenters. The van der Waals surface area contributed by atoms with Crippen LogP contribution in [0.3, 0.4) is 0 Å². The summed E-state index contributed by atoms with van der Waals surface area (Å²) in [4.78, 5) is 25.8. The number of anilines is 4. The summed E-state index contributed by atoms with van der Waals surface area (Å²) in [5, 5.41) is 6.16. The lowest BCUT2D eigenvalue weighted by molar-refractivity contribution is -0.117. The average molecular weight is 461 g/mol. The van der Waals surface area contributed by atoms with E-state index in [-0.39, 0.29) is 5.91 Å². The molecule has 0 spiro atoms. The van der Waals surface area contributed by atoms with E-state index in [0.29, 0.717) is 19.0 Å². The molecule has 1 aliphatic heterocycles. The largest absolute Gasteiger partial charge is 0.384 e. The summed E-state index contributed by atoms with van der Waals surface area (Å²) in [7, 11) is 1.58. The van der Waals surface area contributed by atoms with Crippen LogP contribution < -0.4 is 15.5 Å². The second-order valence-corrected chi connectivity index (χ2v) is 8.23. The maximum absolute atomic E-state index is 11.9. The molecule has 0 aliphatic carbocycles. The first-order valence-electron chi connectivity index (χ1n) is 11.7. The summed E-state index contributed by atoms with van der Waals surface area (Å²) >= 11 is 0. The van der Waals surface area contributed by atoms with Gasteiger partial charge >= 0.3 is 0 Å². The summed E-state index contributed by atoms with van der Waals surface area (Å²) < 4.78 is 4.94. The number of nitrogens with zero attached hydrogens (tertiary/aromatic N) is 4. The van der Waals surface area contributed by atoms with E-state index in [1.807, 2.05) is 30.3 Å². The van der Waals surface area contributed by atoms with E-state index >= 15 is 0 Å². The van der Waals surface area contributed by atoms with Crippen LogP contribution in [0.1, 0.15) is 13.3 Å². The van der Waals surface area contributed by atoms with Gasteiger partial charge in [0.25, 0.3) is 0 Å². The van der Waals surface area contributed by atoms with Crippen LogP contribution in [-0.4, -0.2) is 67.2 Å². The third-order valence-electron chi connectivity index (χ3n) is 5.96. The molecule has 8 heteroatoms. The summed E-state index contributed by atoms with van der Waals surface area (Å²) in [6.07, 6.45) is 2.07. The van der Waals surface area contributed by atoms with Gasteiger partial charge in [-0.2, -0.15) is 0 Å². The number of amides is 1. The monoisotopic (exact) mass is 460 g/mol. The molecule has 0 saturated carbocycles. The molecule has 2 N–H and O–H groups in total. The number of carbonyl (C=O) groups is 1. The minimum atomic E-state index is -0.0719. The number of aromatic nitrogens is 2. The molecule has 2 aromatic carbocycles. The molecule has 0 unspecified atom stereocenters. The predicted octanol–water partition coefficient (Wildman–Crippen LogP) is 4.00. The van der Waals surface area contributed by atoms with Crippen molar-refractivity contribution >= 4 is 28.9 Å². The minimum Gasteiger partial charge on any atom is -0.384 e. The fraction of sp³-hybridized carbons (Fsp3) is 0.346. The number of methoxy groups -OCH3 is 1. The minimum absolute atomic E-state index is 0.0719. The van der Waals surface area contributed by atoms with Gasteiger partial charge < -0.3 is 25.2 Å². The zero-order valence-electron chi connectivity index (χ0n) is 19.8. The van der Waals surface area contributed by atoms with E-state index in [2.05, 4.69) is 61.6 Å². The summed E-state index contributed by atoms with van der Waals surface area (Å²) in [6, 6.07) is 17.9. The molecule has 3 aromatic rings. The van der Waals surface area contributed by atoms with Gasteiger partial charge in [-0.15, -0.1) is 0 Å². The first kappa shape index (κ1) is 23.7. The van der Waals surface area contributed by atoms with Gasteiger partial charge in [-0.1, -0.05) is 19.1 Å². The smallest absolute Gasteiger partial charge is 0.227 e. The second-order valence-electron chi connectivity index (χ2n) is 8.23. The van der Waals surface area contributed by atoms with Gasteiger partial charge in [0.2, 0.25) is 11.9 Å². The molecular formula is C26H32N6O2. The van der Waals surface area contributed by atoms with Crippen LogP contribution in [0, 0.1) is 0 Å². The fourth-order valence-electron chi connectivity index (χ4n) is 3.93. The number of carbonyl (C=O) groups excluding carboxylic acids is 1. The van der Waals surface area contributed by atoms with E-state index in [1.165, 1.54) is 5.69 Å². The van der Waals surface area contributed by atoms with Crippen molar-refractivity contribution < 1.29 is 9.53 Å². The maximum Gasteiger partial charge on any atom is 0.227 e. The first-order valence-corrected chi connectivity index (χ1v) is 11.7. The molecule has 1 saturated heterocycles. The number of hydrogen-bond donors (Lipinski definition) is 2. The summed E-state index contributed by atoms with van der Waals surface area (Å²) in [5.41, 5.74) is 4.68. The van der Waals surface area contributed by atoms with E-state index < -0.39 is 0 Å². The van der Waals surface area contributed by atoms with Crippen molar-refractivity contribution in [2.24, 2.45) is 0 Å². The van der Waals surface area contributed by atoms with Crippen LogP contribution in [0.25, 0.3) is 11.3 Å². The molecular weight excluding hydrogens is 428 g/mol. The number of piperazine rings is 1. The van der Waals surface area contributed by atoms with Crippen LogP contribution in [0.2, 0.25) is 0 Å². The SMILES string of the molecule is CCN1CCN(c2ccc(Nc3nccc(-c4ccc(NC(=O)CCOC)cc4)n3)cc2)CC1. The Bertz CT molecular complexity index is 1060. The number of benzene rings is 2. The Morgan fingerprint density at radius 1 is 0.971 bits per heavy atom. The predicted molar refractivity (Wildman–Crippen MR) is 137 cm³/mol. The number of ether oxygens (including phenoxy) is 1. The van der Waals surface area contributed by atoms with Gasteiger partial charge in [0, 0.05) is 62.1 Å². The van der Waals surface area contributed by atoms with Crippen molar-refractivity contribution in [2.45, 2.75) is 13.3 Å². The molecule has 1 aromatic heterocycles. The molecule has 2 heterocycles. The Kier molecular flexibility index (Phi) is 8.06. The average Bonchev–Trinajstić information content (AvgIpc) is 2.88. The quantitative estimate of drug-likeness (QED) is 0.499. The fourth-order valence-corrected chi connectivity index (χ4v) is 3.93. The third kappa shape index (κ3) is 6.30. The lowest BCUT2D eigenvalue weighted by atomic mass is 10.1. The number of hydrogen-bond acceptors (Lipinski definition) is 7. The Morgan fingerprint density at radius 3 is 2.35 bits per heavy atom. The topological polar surface area (TPSA) is 82.6 Å². The third-order valence-corrected chi connectivity index (χ3v) is 5.96. The Hall–Kier alpha value is -3.49. The van der Waals surface area contributed by atoms with Crippen molar-refractivity contribution in [3.05, 3.63) is 60.8 Å². The van der Waals surface area contributed by atoms with Crippen molar-refractivity contribution in [1.82, 2.24) is 14.9 Å². The van der Waals surface area contributed by atoms with Gasteiger partial charge in [-0.3, -0.25) is 4.79 Å². The van der Waals surface area contributed by atoms with Crippen molar-refractivity contribution in [3.63, 3.8) is 0 Å². The summed E-state index contributed by atoms with van der Waals surface area (Å²) in [6.45, 7) is 8.07. The van der Waals surface area contributed by atoms with Crippen LogP contribution in [0.4, 0.5) is 23.0 Å². The van der Waals surface area contributed by atoms with Crippen molar-refractivity contribution in [1.29, 1.82) is 0 Å². The summed E-state index contributed by atoms with van der Waals surface area (Å²) in [5.74, 6) is 0.469. The number of likely N-dealkylation sites (N-methyl/N-ethyl adjacent to an activating group) is 1. The van der Waals surface area contributed by atoms with Crippen LogP contribution in [0.15, 0.2) is 60.8 Å². The van der Waals surface area contributed by atoms with Gasteiger partial charge in [-0.25, -0.2) is 9.97 Å². The molecule has 178 valence electrons. The highest BCUT2D eigenvalue weighted by atomic mass is 16.5. The Balaban J connectivity index is 1.37. The standard InChI is InChI=1S/C26H32N6O2/c1-3-31-15-17-32(18-16-31)23-10-8-22(9-11-23)29-26-27-14-12-24(30-26)20-4-6-21(7-5-20)28-25(33)13-19-34-2/h4-12,14H,3,13,15-19H2,1-2H3,(H,28,33)(H,27,29,30). The molecule has 1 aliphatic rings. The van der Waals surface area contributed by atoms with Crippen molar-refractivity contribution in [3.8, 4) is 11.3 Å². The Labute approximate surface area is 201 Å². The number of rotatable bonds is 9. The zero-order chi connectivity index (χ0) is 23.8. The molecule has 1 amide bonds. The van der Waals surface area contributed by atoms with Crippen LogP contribution in [-0.2, 0) is 9.53 Å². The van der Waals surface area contributed by atoms with Crippen molar-refractivity contribution in [2.75, 3.05) is 62.0 Å². The van der Waals surface area contributed by atoms with Crippen LogP contribution >= 0.6 is 0 Å². The number of nitrogens with one attached hydrogen (secondary N) is 2. The molecule has 4 rings (SSSR count). The molecule has 0 radical (unpaired) electrons. The highest BCUT2D eigenvalue weighted by Crippen LogP contribution is 2.23. The second kappa shape index (κ2) is 11.6. The highest BCUT2D eigenvalue weighted by molar-refractivity contribution is 5.91. The molecule has 0 bridgehead atoms. The maximum atomic E-state index is 11.9. The lowest BCUT2D eigenvalue weighted by Gasteiger charge is -2.35.